The molecule has 0 aromatic heterocycles. The number of nitro benzene ring substituents is 1. The molecule has 2 aromatic rings. The number of halogens is 2. The van der Waals surface area contributed by atoms with Gasteiger partial charge in [0.1, 0.15) is 5.54 Å². The summed E-state index contributed by atoms with van der Waals surface area (Å²) in [6.45, 7) is 1.19. The maximum Gasteiger partial charge on any atom is 0.307 e. The maximum absolute atomic E-state index is 14.5. The summed E-state index contributed by atoms with van der Waals surface area (Å²) in [5.41, 5.74) is -1.68. The molecule has 0 saturated carbocycles. The summed E-state index contributed by atoms with van der Waals surface area (Å²) in [6.07, 6.45) is 0.463. The molecule has 1 aliphatic heterocycles. The summed E-state index contributed by atoms with van der Waals surface area (Å²) >= 11 is 0. The van der Waals surface area contributed by atoms with Crippen molar-refractivity contribution in [2.24, 2.45) is 0 Å². The first-order valence-electron chi connectivity index (χ1n) is 9.42. The lowest BCUT2D eigenvalue weighted by Gasteiger charge is -2.48. The van der Waals surface area contributed by atoms with Crippen LogP contribution < -0.4 is 0 Å². The summed E-state index contributed by atoms with van der Waals surface area (Å²) < 4.78 is 28.7. The highest BCUT2D eigenvalue weighted by Crippen LogP contribution is 2.33. The molecule has 0 spiro atoms. The van der Waals surface area contributed by atoms with E-state index in [1.165, 1.54) is 16.8 Å². The van der Waals surface area contributed by atoms with Gasteiger partial charge in [0.2, 0.25) is 17.6 Å². The molecule has 0 aliphatic carbocycles. The molecule has 1 unspecified atom stereocenters. The third-order valence-corrected chi connectivity index (χ3v) is 5.53. The summed E-state index contributed by atoms with van der Waals surface area (Å²) in [6, 6.07) is 11.0. The van der Waals surface area contributed by atoms with Crippen molar-refractivity contribution in [2.45, 2.75) is 31.8 Å². The van der Waals surface area contributed by atoms with Crippen LogP contribution >= 0.6 is 0 Å². The lowest BCUT2D eigenvalue weighted by molar-refractivity contribution is -0.387. The number of hydrogen-bond acceptors (Lipinski definition) is 4. The van der Waals surface area contributed by atoms with Crippen LogP contribution in [0.3, 0.4) is 0 Å². The Kier molecular flexibility index (Phi) is 5.82. The van der Waals surface area contributed by atoms with E-state index in [0.29, 0.717) is 0 Å². The van der Waals surface area contributed by atoms with E-state index in [4.69, 9.17) is 0 Å². The number of rotatable bonds is 6. The number of nitrogens with zero attached hydrogens (tertiary/aromatic N) is 3. The topological polar surface area (TPSA) is 83.8 Å². The molecule has 0 bridgehead atoms. The number of piperazine rings is 1. The number of likely N-dealkylation sites (N-methyl/N-ethyl adjacent to an activating group) is 1. The molecule has 1 fully saturated rings. The molecule has 0 N–H and O–H groups in total. The number of carbonyl (C=O) groups excluding carboxylic acids is 2. The van der Waals surface area contributed by atoms with Crippen molar-refractivity contribution in [3.8, 4) is 0 Å². The van der Waals surface area contributed by atoms with Crippen molar-refractivity contribution in [3.63, 3.8) is 0 Å². The summed E-state index contributed by atoms with van der Waals surface area (Å²) in [4.78, 5) is 38.5. The highest BCUT2D eigenvalue weighted by molar-refractivity contribution is 5.98. The third kappa shape index (κ3) is 3.62. The molecule has 9 heteroatoms. The molecule has 7 nitrogen and oxygen atoms in total. The Balaban J connectivity index is 2.05. The van der Waals surface area contributed by atoms with Gasteiger partial charge in [-0.15, -0.1) is 0 Å². The van der Waals surface area contributed by atoms with E-state index in [1.54, 1.807) is 6.92 Å². The number of hydrogen-bond donors (Lipinski definition) is 0. The Morgan fingerprint density at radius 3 is 2.37 bits per heavy atom. The fraction of sp³-hybridized carbons (Fsp3) is 0.333. The van der Waals surface area contributed by atoms with E-state index >= 15 is 0 Å². The van der Waals surface area contributed by atoms with E-state index < -0.39 is 33.7 Å². The standard InChI is InChI=1S/C21H21F2N3O4/c1-3-21(11-14-7-5-4-6-8-14)20(28)24(2)13-17(27)25(21)12-15-9-10-16(26(29)30)19(23)18(15)22/h4-10H,3,11-13H2,1-2H3. The maximum atomic E-state index is 14.5. The van der Waals surface area contributed by atoms with Crippen LogP contribution in [0.4, 0.5) is 14.5 Å². The van der Waals surface area contributed by atoms with E-state index in [9.17, 15) is 28.5 Å². The average Bonchev–Trinajstić information content (AvgIpc) is 2.72. The minimum absolute atomic E-state index is 0.188. The predicted molar refractivity (Wildman–Crippen MR) is 104 cm³/mol. The van der Waals surface area contributed by atoms with E-state index in [0.717, 1.165) is 17.7 Å². The summed E-state index contributed by atoms with van der Waals surface area (Å²) in [7, 11) is 1.53. The molecule has 30 heavy (non-hydrogen) atoms. The van der Waals surface area contributed by atoms with Crippen molar-refractivity contribution < 1.29 is 23.3 Å². The molecule has 0 radical (unpaired) electrons. The summed E-state index contributed by atoms with van der Waals surface area (Å²) in [5, 5.41) is 10.8. The Hall–Kier alpha value is -3.36. The largest absolute Gasteiger partial charge is 0.334 e. The second-order valence-electron chi connectivity index (χ2n) is 7.32. The van der Waals surface area contributed by atoms with Gasteiger partial charge in [0.05, 0.1) is 11.5 Å². The molecular formula is C21H21F2N3O4. The fourth-order valence-corrected chi connectivity index (χ4v) is 3.89. The minimum Gasteiger partial charge on any atom is -0.334 e. The predicted octanol–water partition coefficient (Wildman–Crippen LogP) is 3.07. The lowest BCUT2D eigenvalue weighted by atomic mass is 9.82. The van der Waals surface area contributed by atoms with Crippen LogP contribution in [0.1, 0.15) is 24.5 Å². The molecule has 3 rings (SSSR count). The zero-order chi connectivity index (χ0) is 22.1. The highest BCUT2D eigenvalue weighted by Gasteiger charge is 2.50. The van der Waals surface area contributed by atoms with Gasteiger partial charge in [-0.05, 0) is 18.1 Å². The Bertz CT molecular complexity index is 999. The van der Waals surface area contributed by atoms with Crippen LogP contribution in [0, 0.1) is 21.7 Å². The monoisotopic (exact) mass is 417 g/mol. The Morgan fingerprint density at radius 1 is 1.10 bits per heavy atom. The van der Waals surface area contributed by atoms with Gasteiger partial charge in [0.25, 0.3) is 0 Å². The molecule has 158 valence electrons. The quantitative estimate of drug-likeness (QED) is 0.534. The SMILES string of the molecule is CCC1(Cc2ccccc2)C(=O)N(C)CC(=O)N1Cc1ccc([N+](=O)[O-])c(F)c1F. The second kappa shape index (κ2) is 8.17. The van der Waals surface area contributed by atoms with E-state index in [2.05, 4.69) is 0 Å². The third-order valence-electron chi connectivity index (χ3n) is 5.53. The lowest BCUT2D eigenvalue weighted by Crippen LogP contribution is -2.67. The summed E-state index contributed by atoms with van der Waals surface area (Å²) in [5.74, 6) is -3.69. The van der Waals surface area contributed by atoms with Crippen LogP contribution in [0.25, 0.3) is 0 Å². The number of nitro groups is 1. The van der Waals surface area contributed by atoms with E-state index in [1.807, 2.05) is 30.3 Å². The van der Waals surface area contributed by atoms with Crippen molar-refractivity contribution in [2.75, 3.05) is 13.6 Å². The normalized spacial score (nSPS) is 19.3. The van der Waals surface area contributed by atoms with Gasteiger partial charge < -0.3 is 9.80 Å². The van der Waals surface area contributed by atoms with Crippen LogP contribution in [0.5, 0.6) is 0 Å². The Morgan fingerprint density at radius 2 is 1.77 bits per heavy atom. The van der Waals surface area contributed by atoms with Gasteiger partial charge in [-0.2, -0.15) is 4.39 Å². The van der Waals surface area contributed by atoms with Crippen molar-refractivity contribution in [3.05, 3.63) is 75.3 Å². The average molecular weight is 417 g/mol. The van der Waals surface area contributed by atoms with Crippen LogP contribution in [0.15, 0.2) is 42.5 Å². The van der Waals surface area contributed by atoms with Gasteiger partial charge in [0.15, 0.2) is 5.82 Å². The van der Waals surface area contributed by atoms with E-state index in [-0.39, 0.29) is 37.4 Å². The molecular weight excluding hydrogens is 396 g/mol. The zero-order valence-electron chi connectivity index (χ0n) is 16.6. The number of amides is 2. The Labute approximate surface area is 172 Å². The van der Waals surface area contributed by atoms with Gasteiger partial charge in [0, 0.05) is 31.6 Å². The van der Waals surface area contributed by atoms with Gasteiger partial charge in [-0.25, -0.2) is 4.39 Å². The minimum atomic E-state index is -1.59. The van der Waals surface area contributed by atoms with Crippen molar-refractivity contribution in [1.82, 2.24) is 9.80 Å². The zero-order valence-corrected chi connectivity index (χ0v) is 16.6. The number of carbonyl (C=O) groups is 2. The highest BCUT2D eigenvalue weighted by atomic mass is 19.2. The molecule has 1 atom stereocenters. The smallest absolute Gasteiger partial charge is 0.307 e. The molecule has 1 heterocycles. The molecule has 2 aromatic carbocycles. The van der Waals surface area contributed by atoms with Crippen molar-refractivity contribution >= 4 is 17.5 Å². The van der Waals surface area contributed by atoms with Crippen LogP contribution in [-0.2, 0) is 22.6 Å². The van der Waals surface area contributed by atoms with Crippen LogP contribution in [0.2, 0.25) is 0 Å². The first-order valence-corrected chi connectivity index (χ1v) is 9.42. The molecule has 2 amide bonds. The fourth-order valence-electron chi connectivity index (χ4n) is 3.89. The molecule has 1 saturated heterocycles. The van der Waals surface area contributed by atoms with Crippen molar-refractivity contribution in [1.29, 1.82) is 0 Å². The second-order valence-corrected chi connectivity index (χ2v) is 7.32. The van der Waals surface area contributed by atoms with Gasteiger partial charge >= 0.3 is 5.69 Å². The molecule has 1 aliphatic rings. The van der Waals surface area contributed by atoms with Gasteiger partial charge in [-0.1, -0.05) is 37.3 Å². The first-order chi connectivity index (χ1) is 14.2. The number of benzene rings is 2. The van der Waals surface area contributed by atoms with Gasteiger partial charge in [-0.3, -0.25) is 19.7 Å². The first kappa shape index (κ1) is 21.4. The van der Waals surface area contributed by atoms with Crippen LogP contribution in [-0.4, -0.2) is 45.7 Å².